The van der Waals surface area contributed by atoms with Gasteiger partial charge in [0.25, 0.3) is 0 Å². The summed E-state index contributed by atoms with van der Waals surface area (Å²) in [6, 6.07) is 7.95. The van der Waals surface area contributed by atoms with Crippen molar-refractivity contribution in [2.75, 3.05) is 24.1 Å². The molecule has 0 aromatic heterocycles. The predicted octanol–water partition coefficient (Wildman–Crippen LogP) is 3.11. The van der Waals surface area contributed by atoms with Crippen LogP contribution < -0.4 is 11.1 Å². The zero-order chi connectivity index (χ0) is 15.2. The topological polar surface area (TPSA) is 58.4 Å². The molecule has 1 fully saturated rings. The summed E-state index contributed by atoms with van der Waals surface area (Å²) in [6.07, 6.45) is 4.08. The monoisotopic (exact) mass is 289 g/mol. The minimum absolute atomic E-state index is 0.0679. The summed E-state index contributed by atoms with van der Waals surface area (Å²) in [5.74, 6) is 0.832. The number of carbonyl (C=O) groups excluding carboxylic acids is 1. The molecule has 1 aromatic carbocycles. The molecule has 3 N–H and O–H groups in total. The van der Waals surface area contributed by atoms with Gasteiger partial charge < -0.3 is 16.0 Å². The molecular formula is C17H27N3O. The van der Waals surface area contributed by atoms with E-state index in [9.17, 15) is 4.79 Å². The molecule has 1 heterocycles. The Kier molecular flexibility index (Phi) is 5.62. The second-order valence-electron chi connectivity index (χ2n) is 6.17. The van der Waals surface area contributed by atoms with Crippen LogP contribution in [0.4, 0.5) is 11.4 Å². The molecule has 1 aliphatic heterocycles. The number of hydrogen-bond donors (Lipinski definition) is 2. The number of carbonyl (C=O) groups is 1. The highest BCUT2D eigenvalue weighted by Gasteiger charge is 2.23. The summed E-state index contributed by atoms with van der Waals surface area (Å²) in [7, 11) is 0. The normalized spacial score (nSPS) is 23.0. The SMILES string of the molecule is CC1CCCN(CCCC(=O)Nc2cccc(N)c2)C1C. The van der Waals surface area contributed by atoms with Gasteiger partial charge in [0, 0.05) is 23.8 Å². The van der Waals surface area contributed by atoms with Crippen LogP contribution in [0.5, 0.6) is 0 Å². The summed E-state index contributed by atoms with van der Waals surface area (Å²) in [5.41, 5.74) is 7.15. The van der Waals surface area contributed by atoms with Crippen molar-refractivity contribution in [3.8, 4) is 0 Å². The Morgan fingerprint density at radius 1 is 1.43 bits per heavy atom. The maximum Gasteiger partial charge on any atom is 0.224 e. The van der Waals surface area contributed by atoms with Gasteiger partial charge in [-0.15, -0.1) is 0 Å². The third-order valence-electron chi connectivity index (χ3n) is 4.52. The Bertz CT molecular complexity index is 475. The standard InChI is InChI=1S/C17H27N3O/c1-13-6-4-10-20(14(13)2)11-5-9-17(21)19-16-8-3-7-15(18)12-16/h3,7-8,12-14H,4-6,9-11,18H2,1-2H3,(H,19,21). The van der Waals surface area contributed by atoms with E-state index in [-0.39, 0.29) is 5.91 Å². The third-order valence-corrected chi connectivity index (χ3v) is 4.52. The van der Waals surface area contributed by atoms with Crippen molar-refractivity contribution >= 4 is 17.3 Å². The van der Waals surface area contributed by atoms with Crippen molar-refractivity contribution in [1.82, 2.24) is 4.90 Å². The van der Waals surface area contributed by atoms with Crippen LogP contribution in [0.1, 0.15) is 39.5 Å². The number of piperidine rings is 1. The van der Waals surface area contributed by atoms with Gasteiger partial charge in [0.2, 0.25) is 5.91 Å². The fourth-order valence-corrected chi connectivity index (χ4v) is 3.02. The zero-order valence-corrected chi connectivity index (χ0v) is 13.1. The van der Waals surface area contributed by atoms with Crippen LogP contribution in [-0.2, 0) is 4.79 Å². The molecule has 116 valence electrons. The van der Waals surface area contributed by atoms with E-state index in [1.165, 1.54) is 19.4 Å². The number of nitrogens with zero attached hydrogens (tertiary/aromatic N) is 1. The van der Waals surface area contributed by atoms with E-state index in [4.69, 9.17) is 5.73 Å². The van der Waals surface area contributed by atoms with E-state index in [2.05, 4.69) is 24.1 Å². The van der Waals surface area contributed by atoms with E-state index in [1.54, 1.807) is 6.07 Å². The number of likely N-dealkylation sites (tertiary alicyclic amines) is 1. The predicted molar refractivity (Wildman–Crippen MR) is 88.2 cm³/mol. The van der Waals surface area contributed by atoms with Crippen LogP contribution in [0.3, 0.4) is 0 Å². The number of amides is 1. The van der Waals surface area contributed by atoms with E-state index in [1.807, 2.05) is 18.2 Å². The van der Waals surface area contributed by atoms with Gasteiger partial charge in [-0.25, -0.2) is 0 Å². The lowest BCUT2D eigenvalue weighted by atomic mass is 9.92. The highest BCUT2D eigenvalue weighted by Crippen LogP contribution is 2.23. The second kappa shape index (κ2) is 7.46. The van der Waals surface area contributed by atoms with Crippen LogP contribution in [0.15, 0.2) is 24.3 Å². The van der Waals surface area contributed by atoms with E-state index in [0.29, 0.717) is 18.2 Å². The quantitative estimate of drug-likeness (QED) is 0.819. The molecule has 2 rings (SSSR count). The highest BCUT2D eigenvalue weighted by atomic mass is 16.1. The van der Waals surface area contributed by atoms with Crippen LogP contribution >= 0.6 is 0 Å². The minimum atomic E-state index is 0.0679. The molecule has 1 saturated heterocycles. The molecular weight excluding hydrogens is 262 g/mol. The molecule has 1 amide bonds. The van der Waals surface area contributed by atoms with Gasteiger partial charge in [0.05, 0.1) is 0 Å². The van der Waals surface area contributed by atoms with Gasteiger partial charge in [-0.2, -0.15) is 0 Å². The average Bonchev–Trinajstić information content (AvgIpc) is 2.43. The first-order valence-corrected chi connectivity index (χ1v) is 7.95. The Labute approximate surface area is 127 Å². The average molecular weight is 289 g/mol. The molecule has 0 radical (unpaired) electrons. The summed E-state index contributed by atoms with van der Waals surface area (Å²) < 4.78 is 0. The molecule has 0 spiro atoms. The summed E-state index contributed by atoms with van der Waals surface area (Å²) in [4.78, 5) is 14.5. The fraction of sp³-hybridized carbons (Fsp3) is 0.588. The van der Waals surface area contributed by atoms with E-state index >= 15 is 0 Å². The van der Waals surface area contributed by atoms with Gasteiger partial charge in [0.15, 0.2) is 0 Å². The number of nitrogens with two attached hydrogens (primary N) is 1. The lowest BCUT2D eigenvalue weighted by Gasteiger charge is -2.37. The van der Waals surface area contributed by atoms with Gasteiger partial charge in [-0.05, 0) is 63.4 Å². The van der Waals surface area contributed by atoms with Gasteiger partial charge in [0.1, 0.15) is 0 Å². The van der Waals surface area contributed by atoms with Crippen molar-refractivity contribution in [1.29, 1.82) is 0 Å². The Balaban J connectivity index is 1.72. The van der Waals surface area contributed by atoms with Crippen LogP contribution in [0.2, 0.25) is 0 Å². The number of hydrogen-bond acceptors (Lipinski definition) is 3. The number of anilines is 2. The molecule has 2 unspecified atom stereocenters. The van der Waals surface area contributed by atoms with Crippen molar-refractivity contribution in [3.05, 3.63) is 24.3 Å². The largest absolute Gasteiger partial charge is 0.399 e. The Morgan fingerprint density at radius 2 is 2.24 bits per heavy atom. The summed E-state index contributed by atoms with van der Waals surface area (Å²) in [5, 5.41) is 2.90. The maximum atomic E-state index is 11.9. The first kappa shape index (κ1) is 15.8. The van der Waals surface area contributed by atoms with Gasteiger partial charge in [-0.1, -0.05) is 13.0 Å². The minimum Gasteiger partial charge on any atom is -0.399 e. The van der Waals surface area contributed by atoms with Crippen molar-refractivity contribution in [3.63, 3.8) is 0 Å². The van der Waals surface area contributed by atoms with Crippen LogP contribution in [0.25, 0.3) is 0 Å². The molecule has 0 saturated carbocycles. The van der Waals surface area contributed by atoms with Gasteiger partial charge >= 0.3 is 0 Å². The number of rotatable bonds is 5. The Morgan fingerprint density at radius 3 is 3.00 bits per heavy atom. The van der Waals surface area contributed by atoms with E-state index < -0.39 is 0 Å². The maximum absolute atomic E-state index is 11.9. The van der Waals surface area contributed by atoms with Crippen molar-refractivity contribution < 1.29 is 4.79 Å². The Hall–Kier alpha value is -1.55. The number of benzene rings is 1. The number of nitrogen functional groups attached to an aromatic ring is 1. The first-order valence-electron chi connectivity index (χ1n) is 7.95. The fourth-order valence-electron chi connectivity index (χ4n) is 3.02. The molecule has 0 bridgehead atoms. The lowest BCUT2D eigenvalue weighted by Crippen LogP contribution is -2.42. The summed E-state index contributed by atoms with van der Waals surface area (Å²) in [6.45, 7) is 6.80. The van der Waals surface area contributed by atoms with Crippen molar-refractivity contribution in [2.45, 2.75) is 45.6 Å². The van der Waals surface area contributed by atoms with Crippen LogP contribution in [0, 0.1) is 5.92 Å². The third kappa shape index (κ3) is 4.74. The molecule has 1 aliphatic rings. The smallest absolute Gasteiger partial charge is 0.224 e. The van der Waals surface area contributed by atoms with Crippen LogP contribution in [-0.4, -0.2) is 29.9 Å². The summed E-state index contributed by atoms with van der Waals surface area (Å²) >= 11 is 0. The van der Waals surface area contributed by atoms with Crippen molar-refractivity contribution in [2.24, 2.45) is 5.92 Å². The molecule has 4 nitrogen and oxygen atoms in total. The second-order valence-corrected chi connectivity index (χ2v) is 6.17. The highest BCUT2D eigenvalue weighted by molar-refractivity contribution is 5.91. The molecule has 4 heteroatoms. The van der Waals surface area contributed by atoms with Gasteiger partial charge in [-0.3, -0.25) is 4.79 Å². The first-order chi connectivity index (χ1) is 10.1. The molecule has 21 heavy (non-hydrogen) atoms. The molecule has 0 aliphatic carbocycles. The molecule has 1 aromatic rings. The lowest BCUT2D eigenvalue weighted by molar-refractivity contribution is -0.116. The zero-order valence-electron chi connectivity index (χ0n) is 13.1. The van der Waals surface area contributed by atoms with E-state index in [0.717, 1.165) is 24.6 Å². The number of nitrogens with one attached hydrogen (secondary N) is 1. The molecule has 2 atom stereocenters.